The summed E-state index contributed by atoms with van der Waals surface area (Å²) in [6.07, 6.45) is 0. The molecule has 6 N–H and O–H groups in total. The maximum atomic E-state index is 11.1. The Hall–Kier alpha value is -5.35. The number of para-hydroxylation sites is 6. The van der Waals surface area contributed by atoms with Crippen LogP contribution in [0.25, 0.3) is 65.4 Å². The van der Waals surface area contributed by atoms with Crippen molar-refractivity contribution in [3.05, 3.63) is 144 Å². The molecule has 9 rings (SSSR count). The first kappa shape index (κ1) is 33.5. The zero-order valence-electron chi connectivity index (χ0n) is 25.5. The van der Waals surface area contributed by atoms with E-state index in [0.29, 0.717) is 33.2 Å². The van der Waals surface area contributed by atoms with E-state index in [1.54, 1.807) is 36.4 Å². The first-order valence-electron chi connectivity index (χ1n) is 15.0. The summed E-state index contributed by atoms with van der Waals surface area (Å²) in [4.78, 5) is 42.7. The fourth-order valence-corrected chi connectivity index (χ4v) is 6.15. The van der Waals surface area contributed by atoms with E-state index in [-0.39, 0.29) is 46.9 Å². The van der Waals surface area contributed by atoms with Gasteiger partial charge in [0, 0.05) is 95.8 Å². The molecule has 49 heavy (non-hydrogen) atoms. The fraction of sp³-hybridized carbons (Fsp3) is 0. The molecule has 0 aliphatic rings. The molecule has 0 aliphatic carbocycles. The zero-order valence-corrected chi connectivity index (χ0v) is 27.2. The predicted molar refractivity (Wildman–Crippen MR) is 188 cm³/mol. The van der Waals surface area contributed by atoms with E-state index < -0.39 is 17.9 Å². The summed E-state index contributed by atoms with van der Waals surface area (Å²) in [6, 6.07) is 39.4. The van der Waals surface area contributed by atoms with Gasteiger partial charge in [-0.1, -0.05) is 91.0 Å². The van der Waals surface area contributed by atoms with Crippen molar-refractivity contribution in [3.63, 3.8) is 0 Å². The maximum Gasteiger partial charge on any atom is 0.337 e. The van der Waals surface area contributed by atoms with Gasteiger partial charge in [0.05, 0.1) is 33.2 Å². The minimum atomic E-state index is -0.905. The number of fused-ring (bicyclic) bond motifs is 9. The van der Waals surface area contributed by atoms with Crippen LogP contribution in [0.2, 0.25) is 0 Å². The number of carboxylic acids is 3. The molecule has 0 atom stereocenters. The minimum Gasteiger partial charge on any atom is -0.478 e. The number of carboxylic acid groups (broad SMARTS) is 3. The Bertz CT molecular complexity index is 2390. The second kappa shape index (κ2) is 14.0. The van der Waals surface area contributed by atoms with Crippen molar-refractivity contribution in [2.45, 2.75) is 0 Å². The Morgan fingerprint density at radius 1 is 0.347 bits per heavy atom. The third kappa shape index (κ3) is 6.31. The quantitative estimate of drug-likeness (QED) is 0.105. The first-order valence-corrected chi connectivity index (χ1v) is 15.0. The van der Waals surface area contributed by atoms with Gasteiger partial charge in [0.2, 0.25) is 0 Å². The first-order chi connectivity index (χ1) is 23.3. The number of nitrogens with one attached hydrogen (secondary N) is 3. The van der Waals surface area contributed by atoms with E-state index in [1.165, 1.54) is 0 Å². The summed E-state index contributed by atoms with van der Waals surface area (Å²) in [5.41, 5.74) is 5.91. The SMILES string of the molecule is O=C(O)c1cccc2c1[nH]c1ccccc12.O=C(O)c1cccc2c1[nH]c1ccccc12.O=C(O)c1cccc2c1[nH]c1ccccc12.[Yb]. The van der Waals surface area contributed by atoms with Crippen LogP contribution in [-0.2, 0) is 0 Å². The molecular weight excluding hydrogens is 779 g/mol. The van der Waals surface area contributed by atoms with Crippen LogP contribution in [0, 0.1) is 46.9 Å². The number of rotatable bonds is 3. The number of aromatic carboxylic acids is 3. The average molecular weight is 807 g/mol. The Kier molecular flexibility index (Phi) is 9.60. The van der Waals surface area contributed by atoms with Gasteiger partial charge in [0.15, 0.2) is 0 Å². The number of benzene rings is 6. The largest absolute Gasteiger partial charge is 0.478 e. The van der Waals surface area contributed by atoms with Gasteiger partial charge in [-0.15, -0.1) is 0 Å². The summed E-state index contributed by atoms with van der Waals surface area (Å²) >= 11 is 0. The van der Waals surface area contributed by atoms with Gasteiger partial charge in [-0.05, 0) is 36.4 Å². The fourth-order valence-electron chi connectivity index (χ4n) is 6.15. The molecule has 10 heteroatoms. The van der Waals surface area contributed by atoms with E-state index in [1.807, 2.05) is 91.0 Å². The normalized spacial score (nSPS) is 10.8. The Morgan fingerprint density at radius 2 is 0.592 bits per heavy atom. The van der Waals surface area contributed by atoms with Gasteiger partial charge in [-0.3, -0.25) is 0 Å². The van der Waals surface area contributed by atoms with Crippen LogP contribution in [0.3, 0.4) is 0 Å². The molecule has 0 saturated heterocycles. The standard InChI is InChI=1S/3C13H9NO2.Yb/c3*15-13(16)10-6-3-5-9-8-4-1-2-7-11(8)14-12(9)10;/h3*1-7,14H,(H,15,16);. The van der Waals surface area contributed by atoms with Crippen LogP contribution in [-0.4, -0.2) is 48.2 Å². The molecule has 0 aliphatic heterocycles. The topological polar surface area (TPSA) is 159 Å². The Morgan fingerprint density at radius 3 is 0.857 bits per heavy atom. The summed E-state index contributed by atoms with van der Waals surface area (Å²) in [6.45, 7) is 0. The average Bonchev–Trinajstić information content (AvgIpc) is 3.79. The van der Waals surface area contributed by atoms with Crippen molar-refractivity contribution in [1.29, 1.82) is 0 Å². The van der Waals surface area contributed by atoms with Gasteiger partial charge in [-0.25, -0.2) is 14.4 Å². The van der Waals surface area contributed by atoms with Gasteiger partial charge < -0.3 is 30.3 Å². The third-order valence-electron chi connectivity index (χ3n) is 8.32. The van der Waals surface area contributed by atoms with Crippen LogP contribution in [0.4, 0.5) is 0 Å². The summed E-state index contributed by atoms with van der Waals surface area (Å²) in [5.74, 6) is -2.72. The number of hydrogen-bond donors (Lipinski definition) is 6. The van der Waals surface area contributed by atoms with Gasteiger partial charge in [0.25, 0.3) is 0 Å². The van der Waals surface area contributed by atoms with Crippen molar-refractivity contribution in [2.75, 3.05) is 0 Å². The van der Waals surface area contributed by atoms with E-state index in [0.717, 1.165) is 48.9 Å². The van der Waals surface area contributed by atoms with Crippen molar-refractivity contribution in [1.82, 2.24) is 15.0 Å². The smallest absolute Gasteiger partial charge is 0.337 e. The molecule has 0 amide bonds. The van der Waals surface area contributed by atoms with Crippen LogP contribution >= 0.6 is 0 Å². The number of carbonyl (C=O) groups is 3. The molecule has 0 saturated carbocycles. The number of H-pyrrole nitrogens is 3. The summed E-state index contributed by atoms with van der Waals surface area (Å²) in [5, 5.41) is 33.3. The summed E-state index contributed by atoms with van der Waals surface area (Å²) in [7, 11) is 0. The van der Waals surface area contributed by atoms with Crippen molar-refractivity contribution in [2.24, 2.45) is 0 Å². The Balaban J connectivity index is 0.000000126. The van der Waals surface area contributed by atoms with Crippen LogP contribution < -0.4 is 0 Å². The molecule has 0 bridgehead atoms. The van der Waals surface area contributed by atoms with E-state index >= 15 is 0 Å². The third-order valence-corrected chi connectivity index (χ3v) is 8.32. The molecule has 248 valence electrons. The number of aromatic amines is 3. The van der Waals surface area contributed by atoms with Crippen LogP contribution in [0.1, 0.15) is 31.1 Å². The molecule has 9 aromatic rings. The van der Waals surface area contributed by atoms with Crippen molar-refractivity contribution < 1.29 is 76.6 Å². The van der Waals surface area contributed by atoms with Gasteiger partial charge in [-0.2, -0.15) is 0 Å². The molecule has 0 spiro atoms. The van der Waals surface area contributed by atoms with Gasteiger partial charge >= 0.3 is 17.9 Å². The Labute approximate surface area is 316 Å². The van der Waals surface area contributed by atoms with Crippen LogP contribution in [0.5, 0.6) is 0 Å². The van der Waals surface area contributed by atoms with Gasteiger partial charge in [0.1, 0.15) is 0 Å². The number of hydrogen-bond acceptors (Lipinski definition) is 3. The minimum absolute atomic E-state index is 0. The van der Waals surface area contributed by atoms with E-state index in [9.17, 15) is 14.4 Å². The molecule has 9 nitrogen and oxygen atoms in total. The maximum absolute atomic E-state index is 11.1. The van der Waals surface area contributed by atoms with Crippen molar-refractivity contribution >= 4 is 83.3 Å². The second-order valence-electron chi connectivity index (χ2n) is 11.1. The molecule has 0 radical (unpaired) electrons. The molecule has 3 aromatic heterocycles. The monoisotopic (exact) mass is 807 g/mol. The molecule has 0 unspecified atom stereocenters. The van der Waals surface area contributed by atoms with E-state index in [2.05, 4.69) is 15.0 Å². The summed E-state index contributed by atoms with van der Waals surface area (Å²) < 4.78 is 0. The molecule has 3 heterocycles. The molecular formula is C39H27N3O6Yb. The molecule has 0 fully saturated rings. The molecule has 6 aromatic carbocycles. The van der Waals surface area contributed by atoms with E-state index in [4.69, 9.17) is 15.3 Å². The second-order valence-corrected chi connectivity index (χ2v) is 11.1. The number of aromatic nitrogens is 3. The zero-order chi connectivity index (χ0) is 33.4. The van der Waals surface area contributed by atoms with Crippen molar-refractivity contribution in [3.8, 4) is 0 Å². The predicted octanol–water partition coefficient (Wildman–Crippen LogP) is 9.06. The van der Waals surface area contributed by atoms with Crippen LogP contribution in [0.15, 0.2) is 127 Å².